The summed E-state index contributed by atoms with van der Waals surface area (Å²) < 4.78 is 21.8. The van der Waals surface area contributed by atoms with Crippen molar-refractivity contribution in [1.29, 1.82) is 0 Å². The number of carbonyl (C=O) groups excluding carboxylic acids is 3. The zero-order chi connectivity index (χ0) is 27.1. The number of piperazine rings is 1. The van der Waals surface area contributed by atoms with Gasteiger partial charge in [0.1, 0.15) is 11.9 Å². The van der Waals surface area contributed by atoms with Gasteiger partial charge < -0.3 is 19.4 Å². The standard InChI is InChI=1S/C28H31BrFN5O4/c29-21-13-18(1-2-23(21)34-9-11-39-12-10-34)16-32-5-7-33(8-6-32)25-14-19-17-35(28(38)20(19)15-22(25)30)24-3-4-26(36)31-27(24)37/h1-2,13-15,24H,3-12,16-17H2,(H,31,36,37). The summed E-state index contributed by atoms with van der Waals surface area (Å²) in [5, 5.41) is 2.30. The number of imide groups is 1. The lowest BCUT2D eigenvalue weighted by Crippen LogP contribution is -2.52. The van der Waals surface area contributed by atoms with Gasteiger partial charge in [-0.25, -0.2) is 4.39 Å². The topological polar surface area (TPSA) is 85.4 Å². The van der Waals surface area contributed by atoms with Crippen molar-refractivity contribution in [2.45, 2.75) is 32.0 Å². The number of halogens is 2. The summed E-state index contributed by atoms with van der Waals surface area (Å²) >= 11 is 3.74. The summed E-state index contributed by atoms with van der Waals surface area (Å²) in [5.74, 6) is -1.58. The molecule has 206 valence electrons. The van der Waals surface area contributed by atoms with E-state index in [1.807, 2.05) is 4.90 Å². The number of nitrogens with one attached hydrogen (secondary N) is 1. The Morgan fingerprint density at radius 2 is 1.69 bits per heavy atom. The van der Waals surface area contributed by atoms with Gasteiger partial charge in [-0.3, -0.25) is 24.6 Å². The predicted molar refractivity (Wildman–Crippen MR) is 147 cm³/mol. The second-order valence-corrected chi connectivity index (χ2v) is 11.4. The third kappa shape index (κ3) is 5.27. The highest BCUT2D eigenvalue weighted by Gasteiger charge is 2.40. The summed E-state index contributed by atoms with van der Waals surface area (Å²) in [6, 6.07) is 8.88. The third-order valence-electron chi connectivity index (χ3n) is 8.07. The van der Waals surface area contributed by atoms with Gasteiger partial charge in [-0.05, 0) is 57.7 Å². The molecule has 11 heteroatoms. The lowest BCUT2D eigenvalue weighted by atomic mass is 10.0. The van der Waals surface area contributed by atoms with Crippen LogP contribution >= 0.6 is 15.9 Å². The van der Waals surface area contributed by atoms with Crippen LogP contribution in [0.4, 0.5) is 15.8 Å². The van der Waals surface area contributed by atoms with Crippen LogP contribution in [0.3, 0.4) is 0 Å². The van der Waals surface area contributed by atoms with Crippen LogP contribution in [0.5, 0.6) is 0 Å². The summed E-state index contributed by atoms with van der Waals surface area (Å²) in [7, 11) is 0. The fourth-order valence-electron chi connectivity index (χ4n) is 5.93. The van der Waals surface area contributed by atoms with Gasteiger partial charge in [0.05, 0.1) is 24.6 Å². The molecular formula is C28H31BrFN5O4. The van der Waals surface area contributed by atoms with Gasteiger partial charge in [0.15, 0.2) is 0 Å². The van der Waals surface area contributed by atoms with E-state index in [1.165, 1.54) is 22.2 Å². The Morgan fingerprint density at radius 3 is 2.41 bits per heavy atom. The van der Waals surface area contributed by atoms with E-state index in [9.17, 15) is 14.4 Å². The molecule has 1 unspecified atom stereocenters. The Balaban J connectivity index is 1.08. The van der Waals surface area contributed by atoms with E-state index in [1.54, 1.807) is 6.07 Å². The van der Waals surface area contributed by atoms with E-state index >= 15 is 4.39 Å². The molecule has 3 saturated heterocycles. The number of ether oxygens (including phenoxy) is 1. The van der Waals surface area contributed by atoms with Crippen LogP contribution in [-0.4, -0.2) is 86.0 Å². The molecule has 2 aromatic carbocycles. The Hall–Kier alpha value is -3.02. The Labute approximate surface area is 235 Å². The Kier molecular flexibility index (Phi) is 7.30. The molecule has 0 radical (unpaired) electrons. The maximum atomic E-state index is 15.2. The first-order valence-electron chi connectivity index (χ1n) is 13.4. The molecule has 6 rings (SSSR count). The highest BCUT2D eigenvalue weighted by Crippen LogP contribution is 2.33. The van der Waals surface area contributed by atoms with Crippen molar-refractivity contribution < 1.29 is 23.5 Å². The highest BCUT2D eigenvalue weighted by molar-refractivity contribution is 9.10. The second kappa shape index (κ2) is 10.9. The molecule has 4 heterocycles. The van der Waals surface area contributed by atoms with Crippen molar-refractivity contribution in [3.63, 3.8) is 0 Å². The zero-order valence-corrected chi connectivity index (χ0v) is 23.2. The van der Waals surface area contributed by atoms with Crippen molar-refractivity contribution in [2.75, 3.05) is 62.3 Å². The average molecular weight is 600 g/mol. The number of amides is 3. The molecule has 1 N–H and O–H groups in total. The van der Waals surface area contributed by atoms with Gasteiger partial charge in [-0.1, -0.05) is 6.07 Å². The summed E-state index contributed by atoms with van der Waals surface area (Å²) in [6.07, 6.45) is 0.476. The highest BCUT2D eigenvalue weighted by atomic mass is 79.9. The number of nitrogens with zero attached hydrogens (tertiary/aromatic N) is 4. The van der Waals surface area contributed by atoms with Gasteiger partial charge in [-0.15, -0.1) is 0 Å². The number of morpholine rings is 1. The first-order chi connectivity index (χ1) is 18.9. The maximum Gasteiger partial charge on any atom is 0.255 e. The molecular weight excluding hydrogens is 569 g/mol. The summed E-state index contributed by atoms with van der Waals surface area (Å²) in [6.45, 7) is 7.27. The van der Waals surface area contributed by atoms with E-state index in [2.05, 4.69) is 49.2 Å². The minimum atomic E-state index is -0.708. The van der Waals surface area contributed by atoms with Gasteiger partial charge in [0.25, 0.3) is 5.91 Å². The lowest BCUT2D eigenvalue weighted by molar-refractivity contribution is -0.136. The molecule has 3 amide bonds. The first kappa shape index (κ1) is 26.2. The van der Waals surface area contributed by atoms with Crippen LogP contribution in [-0.2, 0) is 27.4 Å². The van der Waals surface area contributed by atoms with Crippen LogP contribution in [0.25, 0.3) is 0 Å². The van der Waals surface area contributed by atoms with Crippen molar-refractivity contribution in [1.82, 2.24) is 15.1 Å². The first-order valence-corrected chi connectivity index (χ1v) is 14.2. The SMILES string of the molecule is O=C1CCC(N2Cc3cc(N4CCN(Cc5ccc(N6CCOCC6)c(Br)c5)CC4)c(F)cc3C2=O)C(=O)N1. The van der Waals surface area contributed by atoms with Gasteiger partial charge >= 0.3 is 0 Å². The fraction of sp³-hybridized carbons (Fsp3) is 0.464. The molecule has 0 saturated carbocycles. The largest absolute Gasteiger partial charge is 0.378 e. The molecule has 3 fully saturated rings. The van der Waals surface area contributed by atoms with E-state index in [-0.39, 0.29) is 31.2 Å². The van der Waals surface area contributed by atoms with Crippen LogP contribution in [0.15, 0.2) is 34.8 Å². The number of piperidine rings is 1. The zero-order valence-electron chi connectivity index (χ0n) is 21.6. The Bertz CT molecular complexity index is 1310. The summed E-state index contributed by atoms with van der Waals surface area (Å²) in [5.41, 5.74) is 3.92. The van der Waals surface area contributed by atoms with Gasteiger partial charge in [0, 0.05) is 68.8 Å². The van der Waals surface area contributed by atoms with Crippen molar-refractivity contribution in [3.05, 3.63) is 57.3 Å². The van der Waals surface area contributed by atoms with E-state index in [0.29, 0.717) is 29.9 Å². The van der Waals surface area contributed by atoms with Crippen LogP contribution in [0.1, 0.15) is 34.3 Å². The van der Waals surface area contributed by atoms with Crippen molar-refractivity contribution >= 4 is 45.0 Å². The monoisotopic (exact) mass is 599 g/mol. The Morgan fingerprint density at radius 1 is 0.949 bits per heavy atom. The minimum absolute atomic E-state index is 0.190. The number of hydrogen-bond donors (Lipinski definition) is 1. The fourth-order valence-corrected chi connectivity index (χ4v) is 6.61. The van der Waals surface area contributed by atoms with Crippen molar-refractivity contribution in [3.8, 4) is 0 Å². The third-order valence-corrected chi connectivity index (χ3v) is 8.71. The summed E-state index contributed by atoms with van der Waals surface area (Å²) in [4.78, 5) is 45.0. The van der Waals surface area contributed by atoms with Crippen LogP contribution in [0.2, 0.25) is 0 Å². The van der Waals surface area contributed by atoms with Crippen LogP contribution in [0, 0.1) is 5.82 Å². The molecule has 0 aromatic heterocycles. The average Bonchev–Trinajstić information content (AvgIpc) is 3.24. The molecule has 4 aliphatic rings. The van der Waals surface area contributed by atoms with Gasteiger partial charge in [0.2, 0.25) is 11.8 Å². The minimum Gasteiger partial charge on any atom is -0.378 e. The lowest BCUT2D eigenvalue weighted by Gasteiger charge is -2.36. The predicted octanol–water partition coefficient (Wildman–Crippen LogP) is 2.51. The molecule has 1 atom stereocenters. The van der Waals surface area contributed by atoms with E-state index in [0.717, 1.165) is 50.4 Å². The number of carbonyl (C=O) groups is 3. The molecule has 39 heavy (non-hydrogen) atoms. The van der Waals surface area contributed by atoms with E-state index < -0.39 is 17.8 Å². The molecule has 0 bridgehead atoms. The van der Waals surface area contributed by atoms with Crippen molar-refractivity contribution in [2.24, 2.45) is 0 Å². The number of fused-ring (bicyclic) bond motifs is 1. The quantitative estimate of drug-likeness (QED) is 0.529. The smallest absolute Gasteiger partial charge is 0.255 e. The molecule has 9 nitrogen and oxygen atoms in total. The van der Waals surface area contributed by atoms with E-state index in [4.69, 9.17) is 4.74 Å². The number of hydrogen-bond acceptors (Lipinski definition) is 7. The van der Waals surface area contributed by atoms with Gasteiger partial charge in [-0.2, -0.15) is 0 Å². The number of benzene rings is 2. The molecule has 4 aliphatic heterocycles. The normalized spacial score (nSPS) is 22.4. The van der Waals surface area contributed by atoms with Crippen LogP contribution < -0.4 is 15.1 Å². The molecule has 0 spiro atoms. The maximum absolute atomic E-state index is 15.2. The number of anilines is 2. The second-order valence-electron chi connectivity index (χ2n) is 10.5. The number of rotatable bonds is 5. The molecule has 0 aliphatic carbocycles. The molecule has 2 aromatic rings.